The zero-order chi connectivity index (χ0) is 14.2. The van der Waals surface area contributed by atoms with Gasteiger partial charge in [0.15, 0.2) is 0 Å². The van der Waals surface area contributed by atoms with Gasteiger partial charge in [-0.2, -0.15) is 0 Å². The summed E-state index contributed by atoms with van der Waals surface area (Å²) in [6, 6.07) is 18.5. The van der Waals surface area contributed by atoms with E-state index in [0.29, 0.717) is 12.5 Å². The Hall–Kier alpha value is -1.80. The van der Waals surface area contributed by atoms with Crippen molar-refractivity contribution in [2.45, 2.75) is 19.8 Å². The lowest BCUT2D eigenvalue weighted by atomic mass is 9.94. The van der Waals surface area contributed by atoms with Crippen molar-refractivity contribution in [2.24, 2.45) is 11.7 Å². The molecule has 0 spiro atoms. The van der Waals surface area contributed by atoms with Crippen LogP contribution in [0.1, 0.15) is 17.5 Å². The standard InChI is InChI=1S/C18H23NO/c1-15-7-5-6-8-17(15)13-16(14-19)11-12-20-18-9-3-2-4-10-18/h2-10,16H,11-14,19H2,1H3. The molecule has 0 saturated carbocycles. The minimum Gasteiger partial charge on any atom is -0.494 e. The van der Waals surface area contributed by atoms with Crippen LogP contribution in [0.4, 0.5) is 0 Å². The Morgan fingerprint density at radius 3 is 2.40 bits per heavy atom. The van der Waals surface area contributed by atoms with Crippen molar-refractivity contribution in [3.63, 3.8) is 0 Å². The molecule has 1 unspecified atom stereocenters. The second kappa shape index (κ2) is 7.71. The molecule has 0 heterocycles. The molecule has 0 aliphatic heterocycles. The molecular formula is C18H23NO. The summed E-state index contributed by atoms with van der Waals surface area (Å²) in [5.74, 6) is 1.40. The quantitative estimate of drug-likeness (QED) is 0.834. The third-order valence-corrected chi connectivity index (χ3v) is 3.64. The van der Waals surface area contributed by atoms with Gasteiger partial charge in [0.2, 0.25) is 0 Å². The molecule has 2 heteroatoms. The molecule has 0 radical (unpaired) electrons. The van der Waals surface area contributed by atoms with Gasteiger partial charge in [-0.05, 0) is 55.5 Å². The van der Waals surface area contributed by atoms with Gasteiger partial charge in [-0.3, -0.25) is 0 Å². The largest absolute Gasteiger partial charge is 0.494 e. The predicted molar refractivity (Wildman–Crippen MR) is 84.0 cm³/mol. The first kappa shape index (κ1) is 14.6. The van der Waals surface area contributed by atoms with Gasteiger partial charge in [-0.1, -0.05) is 42.5 Å². The maximum absolute atomic E-state index is 5.89. The average Bonchev–Trinajstić information content (AvgIpc) is 2.49. The molecule has 0 bridgehead atoms. The Kier molecular flexibility index (Phi) is 5.63. The third kappa shape index (κ3) is 4.39. The van der Waals surface area contributed by atoms with Crippen LogP contribution in [0.15, 0.2) is 54.6 Å². The number of hydrogen-bond donors (Lipinski definition) is 1. The molecule has 0 fully saturated rings. The smallest absolute Gasteiger partial charge is 0.119 e. The van der Waals surface area contributed by atoms with Crippen molar-refractivity contribution in [3.05, 3.63) is 65.7 Å². The van der Waals surface area contributed by atoms with Gasteiger partial charge < -0.3 is 10.5 Å². The maximum atomic E-state index is 5.89. The molecular weight excluding hydrogens is 246 g/mol. The highest BCUT2D eigenvalue weighted by Gasteiger charge is 2.09. The van der Waals surface area contributed by atoms with E-state index in [9.17, 15) is 0 Å². The van der Waals surface area contributed by atoms with Crippen LogP contribution in [-0.4, -0.2) is 13.2 Å². The van der Waals surface area contributed by atoms with Crippen molar-refractivity contribution in [1.29, 1.82) is 0 Å². The summed E-state index contributed by atoms with van der Waals surface area (Å²) in [4.78, 5) is 0. The molecule has 0 aliphatic carbocycles. The van der Waals surface area contributed by atoms with Crippen LogP contribution in [0, 0.1) is 12.8 Å². The highest BCUT2D eigenvalue weighted by atomic mass is 16.5. The summed E-state index contributed by atoms with van der Waals surface area (Å²) in [5, 5.41) is 0. The lowest BCUT2D eigenvalue weighted by Gasteiger charge is -2.16. The lowest BCUT2D eigenvalue weighted by Crippen LogP contribution is -2.20. The first-order chi connectivity index (χ1) is 9.79. The molecule has 0 amide bonds. The predicted octanol–water partition coefficient (Wildman–Crippen LogP) is 3.58. The summed E-state index contributed by atoms with van der Waals surface area (Å²) in [5.41, 5.74) is 8.63. The van der Waals surface area contributed by atoms with Gasteiger partial charge in [0, 0.05) is 0 Å². The summed E-state index contributed by atoms with van der Waals surface area (Å²) < 4.78 is 5.75. The number of nitrogens with two attached hydrogens (primary N) is 1. The van der Waals surface area contributed by atoms with Gasteiger partial charge in [-0.25, -0.2) is 0 Å². The van der Waals surface area contributed by atoms with Crippen LogP contribution in [0.5, 0.6) is 5.75 Å². The Labute approximate surface area is 121 Å². The van der Waals surface area contributed by atoms with E-state index in [1.807, 2.05) is 30.3 Å². The monoisotopic (exact) mass is 269 g/mol. The van der Waals surface area contributed by atoms with E-state index in [4.69, 9.17) is 10.5 Å². The van der Waals surface area contributed by atoms with E-state index >= 15 is 0 Å². The molecule has 0 aromatic heterocycles. The van der Waals surface area contributed by atoms with Crippen LogP contribution >= 0.6 is 0 Å². The Bertz CT molecular complexity index is 510. The molecule has 2 rings (SSSR count). The van der Waals surface area contributed by atoms with Crippen molar-refractivity contribution in [3.8, 4) is 5.75 Å². The van der Waals surface area contributed by atoms with Crippen molar-refractivity contribution in [2.75, 3.05) is 13.2 Å². The van der Waals surface area contributed by atoms with Crippen LogP contribution in [-0.2, 0) is 6.42 Å². The Morgan fingerprint density at radius 1 is 1.00 bits per heavy atom. The number of benzene rings is 2. The van der Waals surface area contributed by atoms with E-state index in [1.54, 1.807) is 0 Å². The zero-order valence-electron chi connectivity index (χ0n) is 12.1. The molecule has 20 heavy (non-hydrogen) atoms. The van der Waals surface area contributed by atoms with Crippen LogP contribution < -0.4 is 10.5 Å². The van der Waals surface area contributed by atoms with E-state index in [-0.39, 0.29) is 0 Å². The zero-order valence-corrected chi connectivity index (χ0v) is 12.1. The molecule has 2 N–H and O–H groups in total. The van der Waals surface area contributed by atoms with Gasteiger partial charge in [0.05, 0.1) is 6.61 Å². The fourth-order valence-electron chi connectivity index (χ4n) is 2.31. The average molecular weight is 269 g/mol. The molecule has 2 aromatic rings. The highest BCUT2D eigenvalue weighted by Crippen LogP contribution is 2.16. The molecule has 106 valence electrons. The molecule has 2 nitrogen and oxygen atoms in total. The van der Waals surface area contributed by atoms with Gasteiger partial charge >= 0.3 is 0 Å². The van der Waals surface area contributed by atoms with E-state index in [2.05, 4.69) is 31.2 Å². The Balaban J connectivity index is 1.82. The van der Waals surface area contributed by atoms with Crippen LogP contribution in [0.3, 0.4) is 0 Å². The van der Waals surface area contributed by atoms with Crippen molar-refractivity contribution in [1.82, 2.24) is 0 Å². The maximum Gasteiger partial charge on any atom is 0.119 e. The van der Waals surface area contributed by atoms with Gasteiger partial charge in [0.1, 0.15) is 5.75 Å². The topological polar surface area (TPSA) is 35.2 Å². The van der Waals surface area contributed by atoms with Gasteiger partial charge in [0.25, 0.3) is 0 Å². The van der Waals surface area contributed by atoms with E-state index in [1.165, 1.54) is 11.1 Å². The molecule has 0 saturated heterocycles. The van der Waals surface area contributed by atoms with Crippen LogP contribution in [0.25, 0.3) is 0 Å². The highest BCUT2D eigenvalue weighted by molar-refractivity contribution is 5.26. The number of hydrogen-bond acceptors (Lipinski definition) is 2. The minimum atomic E-state index is 0.472. The Morgan fingerprint density at radius 2 is 1.70 bits per heavy atom. The van der Waals surface area contributed by atoms with E-state index in [0.717, 1.165) is 25.2 Å². The number of aryl methyl sites for hydroxylation is 1. The molecule has 2 aromatic carbocycles. The van der Waals surface area contributed by atoms with Crippen molar-refractivity contribution < 1.29 is 4.74 Å². The fourth-order valence-corrected chi connectivity index (χ4v) is 2.31. The second-order valence-electron chi connectivity index (χ2n) is 5.18. The number of ether oxygens (including phenoxy) is 1. The first-order valence-electron chi connectivity index (χ1n) is 7.22. The molecule has 1 atom stereocenters. The van der Waals surface area contributed by atoms with Gasteiger partial charge in [-0.15, -0.1) is 0 Å². The van der Waals surface area contributed by atoms with E-state index < -0.39 is 0 Å². The van der Waals surface area contributed by atoms with Crippen molar-refractivity contribution >= 4 is 0 Å². The lowest BCUT2D eigenvalue weighted by molar-refractivity contribution is 0.279. The summed E-state index contributed by atoms with van der Waals surface area (Å²) >= 11 is 0. The summed E-state index contributed by atoms with van der Waals surface area (Å²) in [6.07, 6.45) is 2.01. The number of para-hydroxylation sites is 1. The minimum absolute atomic E-state index is 0.472. The summed E-state index contributed by atoms with van der Waals surface area (Å²) in [6.45, 7) is 3.58. The SMILES string of the molecule is Cc1ccccc1CC(CN)CCOc1ccccc1. The fraction of sp³-hybridized carbons (Fsp3) is 0.333. The van der Waals surface area contributed by atoms with Crippen LogP contribution in [0.2, 0.25) is 0 Å². The second-order valence-corrected chi connectivity index (χ2v) is 5.18. The first-order valence-corrected chi connectivity index (χ1v) is 7.22. The molecule has 0 aliphatic rings. The summed E-state index contributed by atoms with van der Waals surface area (Å²) in [7, 11) is 0. The number of rotatable bonds is 7. The normalized spacial score (nSPS) is 12.1. The third-order valence-electron chi connectivity index (χ3n) is 3.64.